The van der Waals surface area contributed by atoms with Crippen molar-refractivity contribution in [2.75, 3.05) is 0 Å². The van der Waals surface area contributed by atoms with Crippen LogP contribution < -0.4 is 10.2 Å². The highest BCUT2D eigenvalue weighted by Crippen LogP contribution is 2.20. The lowest BCUT2D eigenvalue weighted by molar-refractivity contribution is 0.575. The molecule has 2 aromatic rings. The van der Waals surface area contributed by atoms with Crippen LogP contribution in [0.25, 0.3) is 0 Å². The molecule has 2 rings (SSSR count). The Morgan fingerprint density at radius 1 is 1.56 bits per heavy atom. The molecular formula is C11H15BrN4OS. The first-order chi connectivity index (χ1) is 8.61. The third kappa shape index (κ3) is 2.90. The number of nitrogens with zero attached hydrogens (tertiary/aromatic N) is 2. The van der Waals surface area contributed by atoms with Gasteiger partial charge in [-0.05, 0) is 29.8 Å². The Balaban J connectivity index is 2.00. The fourth-order valence-corrected chi connectivity index (χ4v) is 2.76. The summed E-state index contributed by atoms with van der Waals surface area (Å²) in [5.74, 6) is 0. The van der Waals surface area contributed by atoms with Gasteiger partial charge in [-0.25, -0.2) is 0 Å². The molecule has 0 aliphatic carbocycles. The number of nitrogens with one attached hydrogen (secondary N) is 2. The minimum atomic E-state index is -0.0116. The van der Waals surface area contributed by atoms with Crippen molar-refractivity contribution in [1.82, 2.24) is 20.1 Å². The summed E-state index contributed by atoms with van der Waals surface area (Å²) >= 11 is 4.74. The molecule has 18 heavy (non-hydrogen) atoms. The highest BCUT2D eigenvalue weighted by molar-refractivity contribution is 9.10. The van der Waals surface area contributed by atoms with Crippen LogP contribution in [0.15, 0.2) is 14.6 Å². The van der Waals surface area contributed by atoms with E-state index in [9.17, 15) is 4.79 Å². The fraction of sp³-hybridized carbons (Fsp3) is 0.455. The van der Waals surface area contributed by atoms with Crippen LogP contribution in [0.3, 0.4) is 0 Å². The monoisotopic (exact) mass is 330 g/mol. The van der Waals surface area contributed by atoms with E-state index in [-0.39, 0.29) is 4.87 Å². The van der Waals surface area contributed by atoms with Gasteiger partial charge in [0.15, 0.2) is 0 Å². The number of aryl methyl sites for hydroxylation is 2. The summed E-state index contributed by atoms with van der Waals surface area (Å²) in [7, 11) is 0. The summed E-state index contributed by atoms with van der Waals surface area (Å²) < 4.78 is 3.03. The predicted octanol–water partition coefficient (Wildman–Crippen LogP) is 2.01. The molecule has 98 valence electrons. The number of hydrogen-bond donors (Lipinski definition) is 2. The molecule has 0 aliphatic heterocycles. The first-order valence-electron chi connectivity index (χ1n) is 5.71. The van der Waals surface area contributed by atoms with E-state index in [1.165, 1.54) is 11.3 Å². The number of aromatic nitrogens is 3. The third-order valence-corrected chi connectivity index (χ3v) is 4.38. The summed E-state index contributed by atoms with van der Waals surface area (Å²) in [6, 6.07) is 0. The lowest BCUT2D eigenvalue weighted by Gasteiger charge is -2.06. The first-order valence-corrected chi connectivity index (χ1v) is 7.38. The van der Waals surface area contributed by atoms with E-state index in [2.05, 4.69) is 38.3 Å². The van der Waals surface area contributed by atoms with Crippen molar-refractivity contribution < 1.29 is 0 Å². The van der Waals surface area contributed by atoms with Crippen molar-refractivity contribution in [3.8, 4) is 0 Å². The van der Waals surface area contributed by atoms with E-state index in [1.54, 1.807) is 0 Å². The standard InChI is InChI=1S/C11H15BrN4OS/c1-3-16-9(10(12)7(2)15-16)5-13-4-8-6-18-11(17)14-8/h6,13H,3-5H2,1-2H3,(H,14,17). The van der Waals surface area contributed by atoms with Crippen molar-refractivity contribution in [2.45, 2.75) is 33.5 Å². The molecule has 0 aliphatic rings. The van der Waals surface area contributed by atoms with Crippen LogP contribution in [-0.2, 0) is 19.6 Å². The Kier molecular flexibility index (Phi) is 4.36. The predicted molar refractivity (Wildman–Crippen MR) is 75.8 cm³/mol. The van der Waals surface area contributed by atoms with Gasteiger partial charge in [0, 0.05) is 30.7 Å². The summed E-state index contributed by atoms with van der Waals surface area (Å²) in [6.07, 6.45) is 0. The highest BCUT2D eigenvalue weighted by Gasteiger charge is 2.11. The largest absolute Gasteiger partial charge is 0.315 e. The van der Waals surface area contributed by atoms with Crippen molar-refractivity contribution in [1.29, 1.82) is 0 Å². The second kappa shape index (κ2) is 5.81. The third-order valence-electron chi connectivity index (χ3n) is 2.63. The van der Waals surface area contributed by atoms with Crippen LogP contribution >= 0.6 is 27.3 Å². The highest BCUT2D eigenvalue weighted by atomic mass is 79.9. The van der Waals surface area contributed by atoms with Gasteiger partial charge >= 0.3 is 4.87 Å². The van der Waals surface area contributed by atoms with Gasteiger partial charge in [0.1, 0.15) is 0 Å². The van der Waals surface area contributed by atoms with E-state index >= 15 is 0 Å². The molecule has 0 spiro atoms. The Morgan fingerprint density at radius 2 is 2.33 bits per heavy atom. The van der Waals surface area contributed by atoms with Crippen LogP contribution in [0.2, 0.25) is 0 Å². The number of aromatic amines is 1. The molecule has 2 aromatic heterocycles. The zero-order chi connectivity index (χ0) is 13.1. The number of H-pyrrole nitrogens is 1. The summed E-state index contributed by atoms with van der Waals surface area (Å²) in [6.45, 7) is 6.26. The van der Waals surface area contributed by atoms with Gasteiger partial charge < -0.3 is 10.3 Å². The van der Waals surface area contributed by atoms with E-state index in [1.807, 2.05) is 17.0 Å². The van der Waals surface area contributed by atoms with E-state index in [4.69, 9.17) is 0 Å². The van der Waals surface area contributed by atoms with Crippen LogP contribution in [0.5, 0.6) is 0 Å². The molecule has 0 atom stereocenters. The molecule has 0 aromatic carbocycles. The van der Waals surface area contributed by atoms with E-state index in [0.717, 1.165) is 28.1 Å². The average Bonchev–Trinajstić information content (AvgIpc) is 2.87. The fourth-order valence-electron chi connectivity index (χ4n) is 1.75. The molecule has 0 saturated heterocycles. The van der Waals surface area contributed by atoms with Crippen LogP contribution in [-0.4, -0.2) is 14.8 Å². The van der Waals surface area contributed by atoms with Crippen molar-refractivity contribution in [2.24, 2.45) is 0 Å². The topological polar surface area (TPSA) is 62.7 Å². The number of rotatable bonds is 5. The molecule has 0 unspecified atom stereocenters. The lowest BCUT2D eigenvalue weighted by Crippen LogP contribution is -2.17. The summed E-state index contributed by atoms with van der Waals surface area (Å²) in [4.78, 5) is 13.8. The van der Waals surface area contributed by atoms with Gasteiger partial charge in [-0.1, -0.05) is 11.3 Å². The summed E-state index contributed by atoms with van der Waals surface area (Å²) in [5.41, 5.74) is 3.05. The average molecular weight is 331 g/mol. The van der Waals surface area contributed by atoms with Crippen LogP contribution in [0, 0.1) is 6.92 Å². The molecule has 0 fully saturated rings. The SMILES string of the molecule is CCn1nc(C)c(Br)c1CNCc1csc(=O)[nH]1. The second-order valence-electron chi connectivity index (χ2n) is 3.94. The number of halogens is 1. The number of thiazole rings is 1. The van der Waals surface area contributed by atoms with Gasteiger partial charge in [-0.2, -0.15) is 5.10 Å². The van der Waals surface area contributed by atoms with Crippen LogP contribution in [0.1, 0.15) is 24.0 Å². The zero-order valence-corrected chi connectivity index (χ0v) is 12.7. The normalized spacial score (nSPS) is 11.1. The molecule has 0 bridgehead atoms. The van der Waals surface area contributed by atoms with Crippen molar-refractivity contribution in [3.05, 3.63) is 36.6 Å². The Hall–Kier alpha value is -0.920. The molecule has 2 heterocycles. The van der Waals surface area contributed by atoms with Gasteiger partial charge in [-0.3, -0.25) is 9.48 Å². The van der Waals surface area contributed by atoms with Gasteiger partial charge in [0.25, 0.3) is 0 Å². The quantitative estimate of drug-likeness (QED) is 0.881. The van der Waals surface area contributed by atoms with E-state index in [0.29, 0.717) is 13.1 Å². The first kappa shape index (κ1) is 13.5. The molecule has 0 amide bonds. The van der Waals surface area contributed by atoms with Crippen molar-refractivity contribution >= 4 is 27.3 Å². The minimum Gasteiger partial charge on any atom is -0.315 e. The molecule has 7 heteroatoms. The van der Waals surface area contributed by atoms with E-state index < -0.39 is 0 Å². The maximum atomic E-state index is 11.0. The van der Waals surface area contributed by atoms with Gasteiger partial charge in [-0.15, -0.1) is 0 Å². The minimum absolute atomic E-state index is 0.0116. The maximum Gasteiger partial charge on any atom is 0.304 e. The smallest absolute Gasteiger partial charge is 0.304 e. The Bertz CT molecular complexity index is 586. The molecule has 0 radical (unpaired) electrons. The molecule has 5 nitrogen and oxygen atoms in total. The molecular weight excluding hydrogens is 316 g/mol. The summed E-state index contributed by atoms with van der Waals surface area (Å²) in [5, 5.41) is 9.58. The van der Waals surface area contributed by atoms with Gasteiger partial charge in [0.05, 0.1) is 15.9 Å². The Labute approximate surface area is 117 Å². The van der Waals surface area contributed by atoms with Crippen molar-refractivity contribution in [3.63, 3.8) is 0 Å². The zero-order valence-electron chi connectivity index (χ0n) is 10.3. The Morgan fingerprint density at radius 3 is 2.94 bits per heavy atom. The molecule has 0 saturated carbocycles. The second-order valence-corrected chi connectivity index (χ2v) is 5.57. The maximum absolute atomic E-state index is 11.0. The lowest BCUT2D eigenvalue weighted by atomic mass is 10.3. The van der Waals surface area contributed by atoms with Gasteiger partial charge in [0.2, 0.25) is 0 Å². The van der Waals surface area contributed by atoms with Crippen LogP contribution in [0.4, 0.5) is 0 Å². The number of hydrogen-bond acceptors (Lipinski definition) is 4. The molecule has 2 N–H and O–H groups in total.